The first-order valence-corrected chi connectivity index (χ1v) is 7.56. The molecule has 1 aliphatic heterocycles. The van der Waals surface area contributed by atoms with E-state index < -0.39 is 0 Å². The number of piperidine rings is 1. The van der Waals surface area contributed by atoms with Crippen LogP contribution in [0.4, 0.5) is 5.69 Å². The molecule has 1 fully saturated rings. The van der Waals surface area contributed by atoms with Crippen LogP contribution in [-0.2, 0) is 4.79 Å². The van der Waals surface area contributed by atoms with Gasteiger partial charge in [0.25, 0.3) is 0 Å². The highest BCUT2D eigenvalue weighted by molar-refractivity contribution is 14.1. The number of carbonyl (C=O) groups excluding carboxylic acids is 1. The Kier molecular flexibility index (Phi) is 5.26. The van der Waals surface area contributed by atoms with Gasteiger partial charge in [-0.1, -0.05) is 11.6 Å². The van der Waals surface area contributed by atoms with E-state index in [-0.39, 0.29) is 5.91 Å². The third-order valence-corrected chi connectivity index (χ3v) is 4.21. The Labute approximate surface area is 126 Å². The van der Waals surface area contributed by atoms with Crippen molar-refractivity contribution in [3.63, 3.8) is 0 Å². The van der Waals surface area contributed by atoms with Gasteiger partial charge in [-0.25, -0.2) is 0 Å². The summed E-state index contributed by atoms with van der Waals surface area (Å²) < 4.78 is 0.968. The maximum Gasteiger partial charge on any atom is 0.224 e. The number of amides is 1. The number of halogens is 2. The summed E-state index contributed by atoms with van der Waals surface area (Å²) in [6, 6.07) is 5.49. The fraction of sp³-hybridized carbons (Fsp3) is 0.462. The van der Waals surface area contributed by atoms with Gasteiger partial charge in [-0.2, -0.15) is 0 Å². The number of carbonyl (C=O) groups is 1. The van der Waals surface area contributed by atoms with Crippen LogP contribution in [0.3, 0.4) is 0 Å². The third-order valence-electron chi connectivity index (χ3n) is 3.08. The van der Waals surface area contributed by atoms with E-state index in [2.05, 4.69) is 33.2 Å². The minimum Gasteiger partial charge on any atom is -0.325 e. The highest BCUT2D eigenvalue weighted by Gasteiger charge is 2.17. The van der Waals surface area contributed by atoms with Gasteiger partial charge < -0.3 is 10.6 Å². The van der Waals surface area contributed by atoms with Crippen molar-refractivity contribution < 1.29 is 4.79 Å². The molecule has 1 saturated heterocycles. The van der Waals surface area contributed by atoms with E-state index in [0.717, 1.165) is 35.2 Å². The Morgan fingerprint density at radius 1 is 1.56 bits per heavy atom. The molecule has 0 spiro atoms. The second kappa shape index (κ2) is 6.73. The third kappa shape index (κ3) is 4.10. The minimum absolute atomic E-state index is 0.0870. The molecule has 98 valence electrons. The van der Waals surface area contributed by atoms with Crippen LogP contribution >= 0.6 is 34.2 Å². The first-order valence-electron chi connectivity index (χ1n) is 6.11. The quantitative estimate of drug-likeness (QED) is 0.793. The number of anilines is 1. The molecule has 1 amide bonds. The maximum atomic E-state index is 11.9. The molecule has 1 aromatic carbocycles. The van der Waals surface area contributed by atoms with Gasteiger partial charge in [0.1, 0.15) is 0 Å². The number of hydrogen-bond donors (Lipinski definition) is 2. The zero-order valence-electron chi connectivity index (χ0n) is 10.0. The molecule has 1 aromatic rings. The molecule has 1 aliphatic rings. The van der Waals surface area contributed by atoms with Crippen LogP contribution in [0.1, 0.15) is 19.3 Å². The van der Waals surface area contributed by atoms with E-state index >= 15 is 0 Å². The van der Waals surface area contributed by atoms with Crippen molar-refractivity contribution in [3.8, 4) is 0 Å². The van der Waals surface area contributed by atoms with Crippen LogP contribution in [0.5, 0.6) is 0 Å². The monoisotopic (exact) mass is 378 g/mol. The van der Waals surface area contributed by atoms with Crippen LogP contribution in [0.15, 0.2) is 18.2 Å². The van der Waals surface area contributed by atoms with Crippen LogP contribution in [0.25, 0.3) is 0 Å². The second-order valence-corrected chi connectivity index (χ2v) is 6.19. The molecular weight excluding hydrogens is 363 g/mol. The molecule has 2 N–H and O–H groups in total. The average molecular weight is 379 g/mol. The van der Waals surface area contributed by atoms with Gasteiger partial charge in [-0.15, -0.1) is 0 Å². The standard InChI is InChI=1S/C13H16ClIN2O/c14-10-3-4-12(11(15)7-10)17-13(18)6-9-2-1-5-16-8-9/h3-4,7,9,16H,1-2,5-6,8H2,(H,17,18). The summed E-state index contributed by atoms with van der Waals surface area (Å²) in [4.78, 5) is 11.9. The van der Waals surface area contributed by atoms with Gasteiger partial charge in [0.05, 0.1) is 5.69 Å². The van der Waals surface area contributed by atoms with E-state index in [0.29, 0.717) is 17.4 Å². The molecule has 1 heterocycles. The fourth-order valence-electron chi connectivity index (χ4n) is 2.15. The molecule has 0 aliphatic carbocycles. The minimum atomic E-state index is 0.0870. The summed E-state index contributed by atoms with van der Waals surface area (Å²) in [7, 11) is 0. The van der Waals surface area contributed by atoms with Crippen LogP contribution in [-0.4, -0.2) is 19.0 Å². The van der Waals surface area contributed by atoms with Gasteiger partial charge >= 0.3 is 0 Å². The van der Waals surface area contributed by atoms with Crippen LogP contribution in [0.2, 0.25) is 5.02 Å². The lowest BCUT2D eigenvalue weighted by atomic mass is 9.96. The van der Waals surface area contributed by atoms with Crippen molar-refractivity contribution in [1.82, 2.24) is 5.32 Å². The molecule has 2 rings (SSSR count). The Morgan fingerprint density at radius 3 is 3.06 bits per heavy atom. The lowest BCUT2D eigenvalue weighted by Gasteiger charge is -2.22. The Hall–Kier alpha value is -0.330. The number of hydrogen-bond acceptors (Lipinski definition) is 2. The smallest absolute Gasteiger partial charge is 0.224 e. The van der Waals surface area contributed by atoms with Crippen molar-refractivity contribution >= 4 is 45.8 Å². The van der Waals surface area contributed by atoms with Crippen LogP contribution in [0, 0.1) is 9.49 Å². The fourth-order valence-corrected chi connectivity index (χ4v) is 3.16. The molecule has 1 unspecified atom stereocenters. The summed E-state index contributed by atoms with van der Waals surface area (Å²) in [6.45, 7) is 2.03. The van der Waals surface area contributed by atoms with Crippen molar-refractivity contribution in [1.29, 1.82) is 0 Å². The highest BCUT2D eigenvalue weighted by Crippen LogP contribution is 2.23. The Bertz CT molecular complexity index is 433. The average Bonchev–Trinajstić information content (AvgIpc) is 2.34. The first-order chi connectivity index (χ1) is 8.65. The zero-order chi connectivity index (χ0) is 13.0. The Morgan fingerprint density at radius 2 is 2.39 bits per heavy atom. The molecule has 5 heteroatoms. The van der Waals surface area contributed by atoms with Gasteiger partial charge in [0.2, 0.25) is 5.91 Å². The summed E-state index contributed by atoms with van der Waals surface area (Å²) in [6.07, 6.45) is 2.89. The topological polar surface area (TPSA) is 41.1 Å². The normalized spacial score (nSPS) is 19.6. The van der Waals surface area contributed by atoms with E-state index in [1.807, 2.05) is 12.1 Å². The van der Waals surface area contributed by atoms with Crippen molar-refractivity contribution in [3.05, 3.63) is 26.8 Å². The van der Waals surface area contributed by atoms with E-state index in [9.17, 15) is 4.79 Å². The molecule has 0 aromatic heterocycles. The summed E-state index contributed by atoms with van der Waals surface area (Å²) in [5, 5.41) is 6.96. The largest absolute Gasteiger partial charge is 0.325 e. The predicted molar refractivity (Wildman–Crippen MR) is 83.0 cm³/mol. The van der Waals surface area contributed by atoms with Gasteiger partial charge in [0, 0.05) is 15.0 Å². The SMILES string of the molecule is O=C(CC1CCCNC1)Nc1ccc(Cl)cc1I. The number of nitrogens with one attached hydrogen (secondary N) is 2. The summed E-state index contributed by atoms with van der Waals surface area (Å²) in [5.74, 6) is 0.549. The maximum absolute atomic E-state index is 11.9. The molecule has 18 heavy (non-hydrogen) atoms. The van der Waals surface area contributed by atoms with Gasteiger partial charge in [-0.3, -0.25) is 4.79 Å². The summed E-state index contributed by atoms with van der Waals surface area (Å²) in [5.41, 5.74) is 0.841. The Balaban J connectivity index is 1.90. The second-order valence-electron chi connectivity index (χ2n) is 4.59. The molecule has 0 saturated carbocycles. The van der Waals surface area contributed by atoms with Crippen LogP contribution < -0.4 is 10.6 Å². The lowest BCUT2D eigenvalue weighted by molar-refractivity contribution is -0.117. The van der Waals surface area contributed by atoms with E-state index in [4.69, 9.17) is 11.6 Å². The molecule has 0 radical (unpaired) electrons. The van der Waals surface area contributed by atoms with Gasteiger partial charge in [0.15, 0.2) is 0 Å². The molecule has 3 nitrogen and oxygen atoms in total. The first kappa shape index (κ1) is 14.1. The number of rotatable bonds is 3. The molecule has 1 atom stereocenters. The van der Waals surface area contributed by atoms with E-state index in [1.54, 1.807) is 6.07 Å². The zero-order valence-corrected chi connectivity index (χ0v) is 12.9. The predicted octanol–water partition coefficient (Wildman–Crippen LogP) is 3.27. The highest BCUT2D eigenvalue weighted by atomic mass is 127. The van der Waals surface area contributed by atoms with Crippen molar-refractivity contribution in [2.45, 2.75) is 19.3 Å². The molecule has 0 bridgehead atoms. The van der Waals surface area contributed by atoms with E-state index in [1.165, 1.54) is 0 Å². The lowest BCUT2D eigenvalue weighted by Crippen LogP contribution is -2.32. The number of benzene rings is 1. The summed E-state index contributed by atoms with van der Waals surface area (Å²) >= 11 is 8.06. The molecular formula is C13H16ClIN2O. The van der Waals surface area contributed by atoms with Crippen molar-refractivity contribution in [2.24, 2.45) is 5.92 Å². The van der Waals surface area contributed by atoms with Gasteiger partial charge in [-0.05, 0) is 72.6 Å². The van der Waals surface area contributed by atoms with Crippen molar-refractivity contribution in [2.75, 3.05) is 18.4 Å².